The monoisotopic (exact) mass is 320 g/mol. The Morgan fingerprint density at radius 3 is 2.08 bits per heavy atom. The first-order chi connectivity index (χ1) is 11.5. The number of Topliss-reactive ketones (excluding diaryl/α,β-unsaturated/α-hetero) is 1. The van der Waals surface area contributed by atoms with Crippen molar-refractivity contribution in [2.75, 3.05) is 10.6 Å². The summed E-state index contributed by atoms with van der Waals surface area (Å²) < 4.78 is 0. The van der Waals surface area contributed by atoms with Gasteiger partial charge in [0.15, 0.2) is 5.78 Å². The predicted octanol–water partition coefficient (Wildman–Crippen LogP) is 4.30. The Morgan fingerprint density at radius 1 is 0.875 bits per heavy atom. The first-order valence-corrected chi connectivity index (χ1v) is 8.01. The molecule has 1 aliphatic rings. The summed E-state index contributed by atoms with van der Waals surface area (Å²) in [7, 11) is 0. The Balaban J connectivity index is 1.67. The molecule has 0 unspecified atom stereocenters. The first-order valence-electron chi connectivity index (χ1n) is 8.01. The van der Waals surface area contributed by atoms with Crippen molar-refractivity contribution in [3.05, 3.63) is 70.9 Å². The summed E-state index contributed by atoms with van der Waals surface area (Å²) in [5, 5.41) is 6.15. The van der Waals surface area contributed by atoms with E-state index in [-0.39, 0.29) is 11.7 Å². The average molecular weight is 320 g/mol. The van der Waals surface area contributed by atoms with Gasteiger partial charge in [0.1, 0.15) is 0 Å². The van der Waals surface area contributed by atoms with E-state index in [4.69, 9.17) is 0 Å². The van der Waals surface area contributed by atoms with Crippen LogP contribution in [0.4, 0.5) is 11.4 Å². The number of benzene rings is 2. The molecule has 0 bridgehead atoms. The Labute approximate surface area is 141 Å². The van der Waals surface area contributed by atoms with E-state index < -0.39 is 0 Å². The minimum atomic E-state index is -0.142. The van der Waals surface area contributed by atoms with Gasteiger partial charge < -0.3 is 10.6 Å². The number of hydrogen-bond donors (Lipinski definition) is 2. The maximum absolute atomic E-state index is 12.3. The molecule has 0 saturated carbocycles. The van der Waals surface area contributed by atoms with Crippen LogP contribution in [0.15, 0.2) is 59.8 Å². The van der Waals surface area contributed by atoms with E-state index in [1.54, 1.807) is 12.1 Å². The molecule has 0 heterocycles. The molecule has 4 heteroatoms. The SMILES string of the molecule is CC1=C(Nc2ccc(C(=O)Nc3ccc(C)cc3)cc2)CCC1=O. The number of rotatable bonds is 4. The lowest BCUT2D eigenvalue weighted by Gasteiger charge is -2.10. The molecule has 3 rings (SSSR count). The molecule has 0 fully saturated rings. The van der Waals surface area contributed by atoms with Crippen molar-refractivity contribution in [1.29, 1.82) is 0 Å². The fraction of sp³-hybridized carbons (Fsp3) is 0.200. The average Bonchev–Trinajstić information content (AvgIpc) is 2.90. The van der Waals surface area contributed by atoms with Crippen molar-refractivity contribution in [1.82, 2.24) is 0 Å². The quantitative estimate of drug-likeness (QED) is 0.883. The lowest BCUT2D eigenvalue weighted by atomic mass is 10.1. The van der Waals surface area contributed by atoms with Crippen LogP contribution in [0.25, 0.3) is 0 Å². The fourth-order valence-electron chi connectivity index (χ4n) is 2.66. The zero-order chi connectivity index (χ0) is 17.1. The van der Waals surface area contributed by atoms with Crippen LogP contribution in [0.1, 0.15) is 35.7 Å². The molecule has 1 aliphatic carbocycles. The van der Waals surface area contributed by atoms with Crippen molar-refractivity contribution in [2.24, 2.45) is 0 Å². The molecular weight excluding hydrogens is 300 g/mol. The molecule has 4 nitrogen and oxygen atoms in total. The molecule has 122 valence electrons. The molecular formula is C20H20N2O2. The minimum Gasteiger partial charge on any atom is -0.359 e. The molecule has 0 aromatic heterocycles. The van der Waals surface area contributed by atoms with Gasteiger partial charge in [-0.1, -0.05) is 17.7 Å². The molecule has 2 N–H and O–H groups in total. The van der Waals surface area contributed by atoms with Crippen LogP contribution in [0.5, 0.6) is 0 Å². The van der Waals surface area contributed by atoms with Crippen LogP contribution < -0.4 is 10.6 Å². The molecule has 0 aliphatic heterocycles. The molecule has 0 atom stereocenters. The summed E-state index contributed by atoms with van der Waals surface area (Å²) >= 11 is 0. The van der Waals surface area contributed by atoms with Gasteiger partial charge in [-0.05, 0) is 56.7 Å². The topological polar surface area (TPSA) is 58.2 Å². The largest absolute Gasteiger partial charge is 0.359 e. The number of ketones is 1. The fourth-order valence-corrected chi connectivity index (χ4v) is 2.66. The summed E-state index contributed by atoms with van der Waals surface area (Å²) in [4.78, 5) is 23.8. The van der Waals surface area contributed by atoms with Crippen molar-refractivity contribution in [3.63, 3.8) is 0 Å². The van der Waals surface area contributed by atoms with E-state index in [0.29, 0.717) is 12.0 Å². The Bertz CT molecular complexity index is 803. The normalized spacial score (nSPS) is 14.0. The van der Waals surface area contributed by atoms with E-state index in [1.165, 1.54) is 0 Å². The zero-order valence-electron chi connectivity index (χ0n) is 13.8. The number of nitrogens with one attached hydrogen (secondary N) is 2. The van der Waals surface area contributed by atoms with Gasteiger partial charge in [0.2, 0.25) is 0 Å². The third kappa shape index (κ3) is 3.54. The molecule has 0 saturated heterocycles. The van der Waals surface area contributed by atoms with Gasteiger partial charge in [-0.25, -0.2) is 0 Å². The summed E-state index contributed by atoms with van der Waals surface area (Å²) in [6.45, 7) is 3.85. The maximum atomic E-state index is 12.3. The van der Waals surface area contributed by atoms with Crippen LogP contribution in [0.3, 0.4) is 0 Å². The van der Waals surface area contributed by atoms with Crippen molar-refractivity contribution >= 4 is 23.1 Å². The number of hydrogen-bond acceptors (Lipinski definition) is 3. The second kappa shape index (κ2) is 6.71. The van der Waals surface area contributed by atoms with Crippen LogP contribution in [0, 0.1) is 6.92 Å². The number of amides is 1. The number of carbonyl (C=O) groups is 2. The van der Waals surface area contributed by atoms with E-state index in [0.717, 1.165) is 34.6 Å². The molecule has 2 aromatic carbocycles. The smallest absolute Gasteiger partial charge is 0.255 e. The highest BCUT2D eigenvalue weighted by Gasteiger charge is 2.19. The zero-order valence-corrected chi connectivity index (χ0v) is 13.8. The van der Waals surface area contributed by atoms with Gasteiger partial charge in [0.25, 0.3) is 5.91 Å². The van der Waals surface area contributed by atoms with Crippen molar-refractivity contribution in [2.45, 2.75) is 26.7 Å². The second-order valence-electron chi connectivity index (χ2n) is 6.05. The van der Waals surface area contributed by atoms with Gasteiger partial charge in [-0.3, -0.25) is 9.59 Å². The third-order valence-corrected chi connectivity index (χ3v) is 4.22. The highest BCUT2D eigenvalue weighted by atomic mass is 16.1. The van der Waals surface area contributed by atoms with Crippen LogP contribution in [-0.4, -0.2) is 11.7 Å². The van der Waals surface area contributed by atoms with E-state index >= 15 is 0 Å². The number of carbonyl (C=O) groups excluding carboxylic acids is 2. The first kappa shape index (κ1) is 16.0. The van der Waals surface area contributed by atoms with Crippen LogP contribution in [-0.2, 0) is 4.79 Å². The highest BCUT2D eigenvalue weighted by Crippen LogP contribution is 2.24. The van der Waals surface area contributed by atoms with E-state index in [9.17, 15) is 9.59 Å². The number of aryl methyl sites for hydroxylation is 1. The number of allylic oxidation sites excluding steroid dienone is 2. The Morgan fingerprint density at radius 2 is 1.50 bits per heavy atom. The lowest BCUT2D eigenvalue weighted by Crippen LogP contribution is -2.11. The standard InChI is InChI=1S/C20H20N2O2/c1-13-3-7-17(8-4-13)22-20(24)15-5-9-16(10-6-15)21-18-11-12-19(23)14(18)2/h3-10,21H,11-12H2,1-2H3,(H,22,24). The van der Waals surface area contributed by atoms with E-state index in [1.807, 2.05) is 50.2 Å². The Hall–Kier alpha value is -2.88. The predicted molar refractivity (Wildman–Crippen MR) is 96.1 cm³/mol. The summed E-state index contributed by atoms with van der Waals surface area (Å²) in [5.74, 6) is 0.0587. The Kier molecular flexibility index (Phi) is 4.47. The maximum Gasteiger partial charge on any atom is 0.255 e. The number of anilines is 2. The van der Waals surface area contributed by atoms with Gasteiger partial charge in [-0.15, -0.1) is 0 Å². The van der Waals surface area contributed by atoms with E-state index in [2.05, 4.69) is 10.6 Å². The van der Waals surface area contributed by atoms with Crippen LogP contribution in [0.2, 0.25) is 0 Å². The van der Waals surface area contributed by atoms with Crippen molar-refractivity contribution in [3.8, 4) is 0 Å². The minimum absolute atomic E-state index is 0.142. The molecule has 0 radical (unpaired) electrons. The van der Waals surface area contributed by atoms with Gasteiger partial charge in [-0.2, -0.15) is 0 Å². The second-order valence-corrected chi connectivity index (χ2v) is 6.05. The molecule has 0 spiro atoms. The highest BCUT2D eigenvalue weighted by molar-refractivity contribution is 6.04. The van der Waals surface area contributed by atoms with Crippen molar-refractivity contribution < 1.29 is 9.59 Å². The molecule has 24 heavy (non-hydrogen) atoms. The van der Waals surface area contributed by atoms with Gasteiger partial charge >= 0.3 is 0 Å². The lowest BCUT2D eigenvalue weighted by molar-refractivity contribution is -0.114. The summed E-state index contributed by atoms with van der Waals surface area (Å²) in [6, 6.07) is 14.9. The molecule has 1 amide bonds. The summed E-state index contributed by atoms with van der Waals surface area (Å²) in [5.41, 5.74) is 5.17. The van der Waals surface area contributed by atoms with Crippen LogP contribution >= 0.6 is 0 Å². The van der Waals surface area contributed by atoms with Gasteiger partial charge in [0.05, 0.1) is 0 Å². The summed E-state index contributed by atoms with van der Waals surface area (Å²) in [6.07, 6.45) is 1.32. The van der Waals surface area contributed by atoms with Gasteiger partial charge in [0, 0.05) is 34.6 Å². The third-order valence-electron chi connectivity index (χ3n) is 4.22. The molecule has 2 aromatic rings.